The molecule has 3 N–H and O–H groups in total. The van der Waals surface area contributed by atoms with Crippen molar-refractivity contribution in [2.24, 2.45) is 0 Å². The number of amides is 1. The van der Waals surface area contributed by atoms with Crippen molar-refractivity contribution < 1.29 is 4.79 Å². The molecule has 0 spiro atoms. The third kappa shape index (κ3) is 2.10. The Morgan fingerprint density at radius 1 is 1.47 bits per heavy atom. The molecule has 88 valence electrons. The van der Waals surface area contributed by atoms with Crippen molar-refractivity contribution in [3.05, 3.63) is 36.2 Å². The molecule has 0 saturated heterocycles. The van der Waals surface area contributed by atoms with Crippen LogP contribution in [0.1, 0.15) is 17.4 Å². The molecule has 1 aromatic carbocycles. The fourth-order valence-electron chi connectivity index (χ4n) is 1.60. The van der Waals surface area contributed by atoms with Gasteiger partial charge in [-0.3, -0.25) is 4.79 Å². The highest BCUT2D eigenvalue weighted by Gasteiger charge is 2.19. The van der Waals surface area contributed by atoms with E-state index in [0.29, 0.717) is 17.9 Å². The van der Waals surface area contributed by atoms with Gasteiger partial charge in [0.25, 0.3) is 5.91 Å². The lowest BCUT2D eigenvalue weighted by atomic mass is 10.2. The van der Waals surface area contributed by atoms with Crippen LogP contribution in [0.15, 0.2) is 30.5 Å². The van der Waals surface area contributed by atoms with E-state index in [0.717, 1.165) is 0 Å². The van der Waals surface area contributed by atoms with Gasteiger partial charge in [0.05, 0.1) is 17.6 Å². The number of aromatic nitrogens is 3. The highest BCUT2D eigenvalue weighted by Crippen LogP contribution is 2.23. The van der Waals surface area contributed by atoms with Gasteiger partial charge in [0.1, 0.15) is 0 Å². The number of hydrogen-bond donors (Lipinski definition) is 2. The van der Waals surface area contributed by atoms with E-state index >= 15 is 0 Å². The normalized spacial score (nSPS) is 10.2. The average molecular weight is 231 g/mol. The molecule has 1 heterocycles. The summed E-state index contributed by atoms with van der Waals surface area (Å²) in [6.45, 7) is 2.39. The first-order valence-corrected chi connectivity index (χ1v) is 5.26. The van der Waals surface area contributed by atoms with Crippen molar-refractivity contribution in [2.45, 2.75) is 6.92 Å². The zero-order valence-corrected chi connectivity index (χ0v) is 9.42. The fourth-order valence-corrected chi connectivity index (χ4v) is 1.60. The Balaban J connectivity index is 2.35. The summed E-state index contributed by atoms with van der Waals surface area (Å²) in [5, 5.41) is 9.81. The number of carbonyl (C=O) groups is 1. The Morgan fingerprint density at radius 2 is 2.24 bits per heavy atom. The molecule has 2 rings (SSSR count). The maximum atomic E-state index is 12.1. The summed E-state index contributed by atoms with van der Waals surface area (Å²) in [6.07, 6.45) is 1.39. The van der Waals surface area contributed by atoms with Crippen molar-refractivity contribution in [3.8, 4) is 0 Å². The number of hydrogen-bond acceptors (Lipinski definition) is 4. The van der Waals surface area contributed by atoms with Gasteiger partial charge in [-0.2, -0.15) is 15.4 Å². The molecule has 0 aliphatic carbocycles. The molecule has 17 heavy (non-hydrogen) atoms. The van der Waals surface area contributed by atoms with Gasteiger partial charge in [-0.05, 0) is 19.1 Å². The number of nitrogen functional groups attached to an aromatic ring is 1. The SMILES string of the molecule is CCN(C(=O)c1cn[nH]n1)c1ccccc1N. The largest absolute Gasteiger partial charge is 0.397 e. The lowest BCUT2D eigenvalue weighted by Crippen LogP contribution is -2.31. The number of H-pyrrole nitrogens is 1. The van der Waals surface area contributed by atoms with Gasteiger partial charge in [0.2, 0.25) is 0 Å². The number of carbonyl (C=O) groups excluding carboxylic acids is 1. The molecule has 1 aromatic heterocycles. The molecular formula is C11H13N5O. The minimum atomic E-state index is -0.223. The maximum absolute atomic E-state index is 12.1. The van der Waals surface area contributed by atoms with E-state index in [-0.39, 0.29) is 11.6 Å². The number of anilines is 2. The molecule has 0 aliphatic rings. The molecule has 2 aromatic rings. The molecule has 0 aliphatic heterocycles. The number of nitrogens with two attached hydrogens (primary N) is 1. The van der Waals surface area contributed by atoms with Crippen molar-refractivity contribution in [1.29, 1.82) is 0 Å². The molecule has 6 heteroatoms. The molecule has 1 amide bonds. The third-order valence-electron chi connectivity index (χ3n) is 2.42. The molecule has 0 radical (unpaired) electrons. The smallest absolute Gasteiger partial charge is 0.280 e. The van der Waals surface area contributed by atoms with E-state index in [1.807, 2.05) is 19.1 Å². The van der Waals surface area contributed by atoms with Gasteiger partial charge in [-0.15, -0.1) is 0 Å². The second kappa shape index (κ2) is 4.65. The standard InChI is InChI=1S/C11H13N5O/c1-2-16(10-6-4-3-5-8(10)12)11(17)9-7-13-15-14-9/h3-7H,2,12H2,1H3,(H,13,14,15). The number of para-hydroxylation sites is 2. The number of aromatic amines is 1. The van der Waals surface area contributed by atoms with E-state index in [1.165, 1.54) is 6.20 Å². The summed E-state index contributed by atoms with van der Waals surface area (Å²) >= 11 is 0. The summed E-state index contributed by atoms with van der Waals surface area (Å²) in [5.41, 5.74) is 7.37. The number of benzene rings is 1. The Kier molecular flexibility index (Phi) is 3.04. The first kappa shape index (κ1) is 11.1. The van der Waals surface area contributed by atoms with E-state index in [1.54, 1.807) is 17.0 Å². The highest BCUT2D eigenvalue weighted by molar-refractivity contribution is 6.06. The van der Waals surface area contributed by atoms with E-state index in [2.05, 4.69) is 15.4 Å². The van der Waals surface area contributed by atoms with Crippen LogP contribution in [-0.4, -0.2) is 27.9 Å². The van der Waals surface area contributed by atoms with Crippen LogP contribution in [0.4, 0.5) is 11.4 Å². The topological polar surface area (TPSA) is 87.9 Å². The molecular weight excluding hydrogens is 218 g/mol. The second-order valence-corrected chi connectivity index (χ2v) is 3.46. The predicted octanol–water partition coefficient (Wildman–Crippen LogP) is 1.05. The zero-order chi connectivity index (χ0) is 12.3. The van der Waals surface area contributed by atoms with Crippen molar-refractivity contribution in [3.63, 3.8) is 0 Å². The van der Waals surface area contributed by atoms with Crippen molar-refractivity contribution in [1.82, 2.24) is 15.4 Å². The first-order valence-electron chi connectivity index (χ1n) is 5.26. The van der Waals surface area contributed by atoms with Crippen LogP contribution in [0.5, 0.6) is 0 Å². The van der Waals surface area contributed by atoms with Crippen LogP contribution in [0.3, 0.4) is 0 Å². The van der Waals surface area contributed by atoms with Crippen LogP contribution in [0.2, 0.25) is 0 Å². The van der Waals surface area contributed by atoms with E-state index < -0.39 is 0 Å². The predicted molar refractivity (Wildman–Crippen MR) is 64.6 cm³/mol. The maximum Gasteiger partial charge on any atom is 0.280 e. The van der Waals surface area contributed by atoms with Crippen LogP contribution in [-0.2, 0) is 0 Å². The van der Waals surface area contributed by atoms with Crippen LogP contribution >= 0.6 is 0 Å². The Bertz CT molecular complexity index is 508. The summed E-state index contributed by atoms with van der Waals surface area (Å²) in [6, 6.07) is 7.22. The van der Waals surface area contributed by atoms with Gasteiger partial charge in [0.15, 0.2) is 5.69 Å². The van der Waals surface area contributed by atoms with Crippen molar-refractivity contribution >= 4 is 17.3 Å². The minimum Gasteiger partial charge on any atom is -0.397 e. The van der Waals surface area contributed by atoms with Gasteiger partial charge in [-0.25, -0.2) is 0 Å². The van der Waals surface area contributed by atoms with Crippen LogP contribution in [0, 0.1) is 0 Å². The molecule has 0 fully saturated rings. The Hall–Kier alpha value is -2.37. The number of nitrogens with one attached hydrogen (secondary N) is 1. The van der Waals surface area contributed by atoms with Gasteiger partial charge in [-0.1, -0.05) is 12.1 Å². The van der Waals surface area contributed by atoms with Gasteiger partial charge < -0.3 is 10.6 Å². The van der Waals surface area contributed by atoms with E-state index in [9.17, 15) is 4.79 Å². The minimum absolute atomic E-state index is 0.223. The van der Waals surface area contributed by atoms with Gasteiger partial charge in [0, 0.05) is 6.54 Å². The average Bonchev–Trinajstić information content (AvgIpc) is 2.86. The monoisotopic (exact) mass is 231 g/mol. The van der Waals surface area contributed by atoms with Gasteiger partial charge >= 0.3 is 0 Å². The molecule has 0 saturated carbocycles. The molecule has 0 bridgehead atoms. The Morgan fingerprint density at radius 3 is 2.82 bits per heavy atom. The number of rotatable bonds is 3. The summed E-state index contributed by atoms with van der Waals surface area (Å²) in [7, 11) is 0. The van der Waals surface area contributed by atoms with Crippen molar-refractivity contribution in [2.75, 3.05) is 17.2 Å². The molecule has 0 atom stereocenters. The first-order chi connectivity index (χ1) is 8.24. The third-order valence-corrected chi connectivity index (χ3v) is 2.42. The highest BCUT2D eigenvalue weighted by atomic mass is 16.2. The van der Waals surface area contributed by atoms with E-state index in [4.69, 9.17) is 5.73 Å². The summed E-state index contributed by atoms with van der Waals surface area (Å²) < 4.78 is 0. The lowest BCUT2D eigenvalue weighted by molar-refractivity contribution is 0.0983. The Labute approximate surface area is 98.4 Å². The fraction of sp³-hybridized carbons (Fsp3) is 0.182. The summed E-state index contributed by atoms with van der Waals surface area (Å²) in [5.74, 6) is -0.223. The molecule has 0 unspecified atom stereocenters. The quantitative estimate of drug-likeness (QED) is 0.773. The lowest BCUT2D eigenvalue weighted by Gasteiger charge is -2.21. The summed E-state index contributed by atoms with van der Waals surface area (Å²) in [4.78, 5) is 13.7. The van der Waals surface area contributed by atoms with Crippen LogP contribution < -0.4 is 10.6 Å². The molecule has 6 nitrogen and oxygen atoms in total. The second-order valence-electron chi connectivity index (χ2n) is 3.46. The van der Waals surface area contributed by atoms with Crippen LogP contribution in [0.25, 0.3) is 0 Å². The zero-order valence-electron chi connectivity index (χ0n) is 9.42. The number of nitrogens with zero attached hydrogens (tertiary/aromatic N) is 3.